The average Bonchev–Trinajstić information content (AvgIpc) is 3.50. The van der Waals surface area contributed by atoms with E-state index in [1.165, 1.54) is 16.9 Å². The molecule has 0 atom stereocenters. The fraction of sp³-hybridized carbons (Fsp3) is 0.370. The summed E-state index contributed by atoms with van der Waals surface area (Å²) in [6, 6.07) is 11.5. The molecule has 2 N–H and O–H groups in total. The minimum Gasteiger partial charge on any atom is -0.506 e. The summed E-state index contributed by atoms with van der Waals surface area (Å²) < 4.78 is 5.32. The number of thiophene rings is 2. The van der Waals surface area contributed by atoms with Crippen LogP contribution in [-0.2, 0) is 10.2 Å². The molecular weight excluding hydrogens is 494 g/mol. The Kier molecular flexibility index (Phi) is 8.04. The van der Waals surface area contributed by atoms with Crippen LogP contribution in [0.15, 0.2) is 46.9 Å². The van der Waals surface area contributed by atoms with Crippen molar-refractivity contribution in [2.45, 2.75) is 33.1 Å². The van der Waals surface area contributed by atoms with Gasteiger partial charge < -0.3 is 9.84 Å². The highest BCUT2D eigenvalue weighted by molar-refractivity contribution is 7.16. The highest BCUT2D eigenvalue weighted by atomic mass is 32.1. The van der Waals surface area contributed by atoms with Crippen LogP contribution in [0.2, 0.25) is 0 Å². The largest absolute Gasteiger partial charge is 0.506 e. The minimum atomic E-state index is -0.391. The molecule has 0 unspecified atom stereocenters. The van der Waals surface area contributed by atoms with Crippen molar-refractivity contribution in [2.24, 2.45) is 5.10 Å². The first-order valence-electron chi connectivity index (χ1n) is 11.8. The normalized spacial score (nSPS) is 15.2. The average molecular weight is 526 g/mol. The standard InChI is InChI=1S/C27H31N3O4S2/c1-17(20-16-35-25(24(20)32)18-5-7-19(8-6-18)27(2,3)4)28-29-26(33)23-10-9-22(36-23)21(31)15-30-11-13-34-14-12-30/h5-10,16,32H,11-15H2,1-4H3,(H,29,33)/b28-17+. The van der Waals surface area contributed by atoms with Gasteiger partial charge in [-0.1, -0.05) is 45.0 Å². The third-order valence-corrected chi connectivity index (χ3v) is 8.21. The van der Waals surface area contributed by atoms with Gasteiger partial charge in [0, 0.05) is 18.5 Å². The fourth-order valence-electron chi connectivity index (χ4n) is 3.83. The molecule has 3 aromatic rings. The number of ether oxygens (including phenoxy) is 1. The maximum absolute atomic E-state index is 12.6. The van der Waals surface area contributed by atoms with Crippen LogP contribution in [0, 0.1) is 0 Å². The summed E-state index contributed by atoms with van der Waals surface area (Å²) in [4.78, 5) is 29.0. The summed E-state index contributed by atoms with van der Waals surface area (Å²) in [6.45, 7) is 11.3. The summed E-state index contributed by atoms with van der Waals surface area (Å²) >= 11 is 2.59. The third-order valence-electron chi connectivity index (χ3n) is 6.07. The third kappa shape index (κ3) is 6.10. The Hall–Kier alpha value is -2.85. The van der Waals surface area contributed by atoms with Gasteiger partial charge in [0.2, 0.25) is 0 Å². The van der Waals surface area contributed by atoms with E-state index in [-0.39, 0.29) is 16.9 Å². The number of aromatic hydroxyl groups is 1. The molecule has 1 amide bonds. The van der Waals surface area contributed by atoms with Gasteiger partial charge in [-0.3, -0.25) is 14.5 Å². The summed E-state index contributed by atoms with van der Waals surface area (Å²) in [6.07, 6.45) is 0. The maximum Gasteiger partial charge on any atom is 0.281 e. The van der Waals surface area contributed by atoms with Gasteiger partial charge in [-0.05, 0) is 35.6 Å². The second-order valence-corrected chi connectivity index (χ2v) is 11.7. The zero-order valence-electron chi connectivity index (χ0n) is 21.0. The predicted octanol–water partition coefficient (Wildman–Crippen LogP) is 5.15. The van der Waals surface area contributed by atoms with E-state index in [0.717, 1.165) is 34.9 Å². The van der Waals surface area contributed by atoms with Crippen molar-refractivity contribution in [2.75, 3.05) is 32.8 Å². The highest BCUT2D eigenvalue weighted by Gasteiger charge is 2.20. The number of nitrogens with zero attached hydrogens (tertiary/aromatic N) is 2. The summed E-state index contributed by atoms with van der Waals surface area (Å²) in [5.41, 5.74) is 5.83. The van der Waals surface area contributed by atoms with Gasteiger partial charge in [0.1, 0.15) is 5.75 Å². The molecular formula is C27H31N3O4S2. The molecule has 0 radical (unpaired) electrons. The molecule has 4 rings (SSSR count). The van der Waals surface area contributed by atoms with Gasteiger partial charge in [0.05, 0.1) is 45.7 Å². The van der Waals surface area contributed by atoms with Crippen molar-refractivity contribution in [3.8, 4) is 16.2 Å². The number of carbonyl (C=O) groups is 2. The molecule has 3 heterocycles. The van der Waals surface area contributed by atoms with Crippen molar-refractivity contribution in [1.29, 1.82) is 0 Å². The minimum absolute atomic E-state index is 0.00751. The SMILES string of the molecule is C/C(=N\NC(=O)c1ccc(C(=O)CN2CCOCC2)s1)c1csc(-c2ccc(C(C)(C)C)cc2)c1O. The smallest absolute Gasteiger partial charge is 0.281 e. The molecule has 1 aliphatic rings. The molecule has 7 nitrogen and oxygen atoms in total. The second-order valence-electron chi connectivity index (χ2n) is 9.77. The molecule has 1 aromatic carbocycles. The van der Waals surface area contributed by atoms with Crippen LogP contribution in [0.4, 0.5) is 0 Å². The van der Waals surface area contributed by atoms with Crippen molar-refractivity contribution in [1.82, 2.24) is 10.3 Å². The van der Waals surface area contributed by atoms with Crippen molar-refractivity contribution < 1.29 is 19.4 Å². The number of hydrazone groups is 1. The van der Waals surface area contributed by atoms with Gasteiger partial charge in [-0.15, -0.1) is 22.7 Å². The Morgan fingerprint density at radius 2 is 1.75 bits per heavy atom. The highest BCUT2D eigenvalue weighted by Crippen LogP contribution is 2.39. The zero-order chi connectivity index (χ0) is 25.9. The lowest BCUT2D eigenvalue weighted by molar-refractivity contribution is 0.0372. The molecule has 2 aromatic heterocycles. The van der Waals surface area contributed by atoms with Gasteiger partial charge in [-0.25, -0.2) is 5.43 Å². The first-order valence-corrected chi connectivity index (χ1v) is 13.5. The van der Waals surface area contributed by atoms with Crippen molar-refractivity contribution in [3.05, 3.63) is 62.7 Å². The fourth-order valence-corrected chi connectivity index (χ4v) is 5.67. The van der Waals surface area contributed by atoms with E-state index in [9.17, 15) is 14.7 Å². The van der Waals surface area contributed by atoms with Crippen LogP contribution in [0.5, 0.6) is 5.75 Å². The van der Waals surface area contributed by atoms with Crippen LogP contribution in [0.3, 0.4) is 0 Å². The number of carbonyl (C=O) groups excluding carboxylic acids is 2. The number of Topliss-reactive ketones (excluding diaryl/α,β-unsaturated/α-hetero) is 1. The molecule has 1 fully saturated rings. The lowest BCUT2D eigenvalue weighted by atomic mass is 9.86. The first-order chi connectivity index (χ1) is 17.1. The molecule has 0 bridgehead atoms. The number of benzene rings is 1. The number of amides is 1. The van der Waals surface area contributed by atoms with E-state index in [1.54, 1.807) is 19.1 Å². The predicted molar refractivity (Wildman–Crippen MR) is 146 cm³/mol. The number of morpholine rings is 1. The summed E-state index contributed by atoms with van der Waals surface area (Å²) in [7, 11) is 0. The van der Waals surface area contributed by atoms with E-state index in [1.807, 2.05) is 17.5 Å². The van der Waals surface area contributed by atoms with E-state index in [2.05, 4.69) is 48.3 Å². The Balaban J connectivity index is 1.40. The summed E-state index contributed by atoms with van der Waals surface area (Å²) in [5.74, 6) is -0.254. The van der Waals surface area contributed by atoms with Crippen LogP contribution >= 0.6 is 22.7 Å². The van der Waals surface area contributed by atoms with Gasteiger partial charge in [-0.2, -0.15) is 5.10 Å². The second kappa shape index (κ2) is 11.0. The molecule has 1 saturated heterocycles. The number of hydrogen-bond acceptors (Lipinski definition) is 8. The summed E-state index contributed by atoms with van der Waals surface area (Å²) in [5, 5.41) is 16.9. The lowest BCUT2D eigenvalue weighted by Gasteiger charge is -2.25. The van der Waals surface area contributed by atoms with Crippen molar-refractivity contribution >= 4 is 40.1 Å². The van der Waals surface area contributed by atoms with E-state index >= 15 is 0 Å². The number of rotatable bonds is 7. The van der Waals surface area contributed by atoms with Crippen LogP contribution in [0.1, 0.15) is 58.2 Å². The van der Waals surface area contributed by atoms with Gasteiger partial charge in [0.15, 0.2) is 5.78 Å². The quantitative estimate of drug-likeness (QED) is 0.253. The van der Waals surface area contributed by atoms with Crippen LogP contribution in [0.25, 0.3) is 10.4 Å². The monoisotopic (exact) mass is 525 g/mol. The molecule has 190 valence electrons. The van der Waals surface area contributed by atoms with E-state index in [0.29, 0.717) is 40.8 Å². The number of ketones is 1. The van der Waals surface area contributed by atoms with E-state index in [4.69, 9.17) is 4.74 Å². The molecule has 9 heteroatoms. The molecule has 36 heavy (non-hydrogen) atoms. The van der Waals surface area contributed by atoms with Crippen LogP contribution < -0.4 is 5.43 Å². The van der Waals surface area contributed by atoms with Gasteiger partial charge in [0.25, 0.3) is 5.91 Å². The number of hydrogen-bond donors (Lipinski definition) is 2. The number of nitrogens with one attached hydrogen (secondary N) is 1. The lowest BCUT2D eigenvalue weighted by Crippen LogP contribution is -2.39. The van der Waals surface area contributed by atoms with E-state index < -0.39 is 5.91 Å². The Labute approximate surface area is 219 Å². The van der Waals surface area contributed by atoms with Gasteiger partial charge >= 0.3 is 0 Å². The topological polar surface area (TPSA) is 91.2 Å². The zero-order valence-corrected chi connectivity index (χ0v) is 22.6. The molecule has 0 saturated carbocycles. The Morgan fingerprint density at radius 1 is 1.08 bits per heavy atom. The van der Waals surface area contributed by atoms with Crippen LogP contribution in [-0.4, -0.2) is 60.3 Å². The molecule has 1 aliphatic heterocycles. The maximum atomic E-state index is 12.6. The Morgan fingerprint density at radius 3 is 2.42 bits per heavy atom. The molecule has 0 aliphatic carbocycles. The first kappa shape index (κ1) is 26.2. The Bertz CT molecular complexity index is 1260. The molecule has 0 spiro atoms. The van der Waals surface area contributed by atoms with Crippen molar-refractivity contribution in [3.63, 3.8) is 0 Å².